The zero-order valence-electron chi connectivity index (χ0n) is 15.2. The Bertz CT molecular complexity index is 1130. The molecule has 0 saturated heterocycles. The minimum Gasteiger partial charge on any atom is -0.449 e. The van der Waals surface area contributed by atoms with Crippen LogP contribution in [0, 0.1) is 6.92 Å². The Kier molecular flexibility index (Phi) is 5.04. The van der Waals surface area contributed by atoms with Crippen molar-refractivity contribution in [2.75, 3.05) is 11.9 Å². The molecule has 142 valence electrons. The van der Waals surface area contributed by atoms with E-state index in [0.717, 1.165) is 22.0 Å². The van der Waals surface area contributed by atoms with Gasteiger partial charge in [-0.3, -0.25) is 5.32 Å². The van der Waals surface area contributed by atoms with E-state index in [1.807, 2.05) is 54.7 Å². The molecule has 0 atom stereocenters. The molecule has 0 aliphatic heterocycles. The summed E-state index contributed by atoms with van der Waals surface area (Å²) in [7, 11) is 0. The van der Waals surface area contributed by atoms with Gasteiger partial charge in [-0.15, -0.1) is 0 Å². The van der Waals surface area contributed by atoms with Crippen molar-refractivity contribution < 1.29 is 14.1 Å². The Labute approximate surface area is 166 Å². The van der Waals surface area contributed by atoms with Crippen molar-refractivity contribution >= 4 is 34.3 Å². The second-order valence-corrected chi connectivity index (χ2v) is 6.76. The van der Waals surface area contributed by atoms with Crippen LogP contribution in [-0.4, -0.2) is 22.8 Å². The SMILES string of the molecule is Cc1noc(-c2ccc3[nH]ccc3c2)c1NC(=O)OCCc1ccccc1Cl. The van der Waals surface area contributed by atoms with Crippen molar-refractivity contribution in [1.29, 1.82) is 0 Å². The highest BCUT2D eigenvalue weighted by atomic mass is 35.5. The monoisotopic (exact) mass is 395 g/mol. The number of rotatable bonds is 5. The van der Waals surface area contributed by atoms with Crippen LogP contribution in [-0.2, 0) is 11.2 Å². The number of nitrogens with zero attached hydrogens (tertiary/aromatic N) is 1. The summed E-state index contributed by atoms with van der Waals surface area (Å²) in [6.45, 7) is 1.98. The Hall–Kier alpha value is -3.25. The van der Waals surface area contributed by atoms with E-state index in [-0.39, 0.29) is 6.61 Å². The van der Waals surface area contributed by atoms with Gasteiger partial charge in [0.15, 0.2) is 5.76 Å². The lowest BCUT2D eigenvalue weighted by molar-refractivity contribution is 0.163. The van der Waals surface area contributed by atoms with Crippen LogP contribution in [0.15, 0.2) is 59.3 Å². The standard InChI is InChI=1S/C21H18ClN3O3/c1-13-19(24-21(26)27-11-9-14-4-2-3-5-17(14)22)20(28-25-13)16-6-7-18-15(12-16)8-10-23-18/h2-8,10,12,23H,9,11H2,1H3,(H,24,26). The van der Waals surface area contributed by atoms with Crippen LogP contribution in [0.1, 0.15) is 11.3 Å². The first kappa shape index (κ1) is 18.1. The fourth-order valence-electron chi connectivity index (χ4n) is 3.00. The quantitative estimate of drug-likeness (QED) is 0.462. The molecule has 0 aliphatic rings. The number of hydrogen-bond donors (Lipinski definition) is 2. The number of carbonyl (C=O) groups is 1. The van der Waals surface area contributed by atoms with Gasteiger partial charge in [0.1, 0.15) is 11.4 Å². The largest absolute Gasteiger partial charge is 0.449 e. The number of amides is 1. The molecule has 4 rings (SSSR count). The number of ether oxygens (including phenoxy) is 1. The average Bonchev–Trinajstić information content (AvgIpc) is 3.30. The van der Waals surface area contributed by atoms with E-state index in [1.165, 1.54) is 0 Å². The first-order valence-corrected chi connectivity index (χ1v) is 9.20. The van der Waals surface area contributed by atoms with Crippen molar-refractivity contribution in [3.05, 3.63) is 71.0 Å². The van der Waals surface area contributed by atoms with Crippen molar-refractivity contribution in [3.63, 3.8) is 0 Å². The van der Waals surface area contributed by atoms with E-state index in [4.69, 9.17) is 20.9 Å². The second-order valence-electron chi connectivity index (χ2n) is 6.35. The Morgan fingerprint density at radius 2 is 2.11 bits per heavy atom. The number of aromatic nitrogens is 2. The van der Waals surface area contributed by atoms with Gasteiger partial charge < -0.3 is 14.2 Å². The zero-order chi connectivity index (χ0) is 19.5. The molecule has 7 heteroatoms. The maximum atomic E-state index is 12.3. The Morgan fingerprint density at radius 1 is 1.25 bits per heavy atom. The number of aryl methyl sites for hydroxylation is 1. The highest BCUT2D eigenvalue weighted by Crippen LogP contribution is 2.32. The third kappa shape index (κ3) is 3.73. The van der Waals surface area contributed by atoms with E-state index in [1.54, 1.807) is 6.92 Å². The number of nitrogens with one attached hydrogen (secondary N) is 2. The van der Waals surface area contributed by atoms with Crippen molar-refractivity contribution in [2.45, 2.75) is 13.3 Å². The van der Waals surface area contributed by atoms with Crippen LogP contribution in [0.5, 0.6) is 0 Å². The molecular formula is C21H18ClN3O3. The highest BCUT2D eigenvalue weighted by molar-refractivity contribution is 6.31. The fraction of sp³-hybridized carbons (Fsp3) is 0.143. The van der Waals surface area contributed by atoms with Gasteiger partial charge in [0, 0.05) is 34.1 Å². The molecule has 0 spiro atoms. The predicted octanol–water partition coefficient (Wildman–Crippen LogP) is 5.58. The number of hydrogen-bond acceptors (Lipinski definition) is 4. The van der Waals surface area contributed by atoms with Crippen LogP contribution in [0.4, 0.5) is 10.5 Å². The van der Waals surface area contributed by atoms with E-state index in [0.29, 0.717) is 28.6 Å². The van der Waals surface area contributed by atoms with Crippen molar-refractivity contribution in [3.8, 4) is 11.3 Å². The predicted molar refractivity (Wildman–Crippen MR) is 109 cm³/mol. The van der Waals surface area contributed by atoms with E-state index >= 15 is 0 Å². The van der Waals surface area contributed by atoms with Gasteiger partial charge in [-0.1, -0.05) is 35.0 Å². The maximum absolute atomic E-state index is 12.3. The summed E-state index contributed by atoms with van der Waals surface area (Å²) < 4.78 is 10.7. The smallest absolute Gasteiger partial charge is 0.411 e. The number of aromatic amines is 1. The fourth-order valence-corrected chi connectivity index (χ4v) is 3.23. The second kappa shape index (κ2) is 7.78. The lowest BCUT2D eigenvalue weighted by atomic mass is 10.1. The molecule has 0 saturated carbocycles. The molecule has 0 fully saturated rings. The number of halogens is 1. The van der Waals surface area contributed by atoms with Gasteiger partial charge in [0.2, 0.25) is 0 Å². The van der Waals surface area contributed by atoms with E-state index in [2.05, 4.69) is 15.5 Å². The van der Waals surface area contributed by atoms with Crippen molar-refractivity contribution in [2.24, 2.45) is 0 Å². The third-order valence-corrected chi connectivity index (χ3v) is 4.84. The Morgan fingerprint density at radius 3 is 2.96 bits per heavy atom. The van der Waals surface area contributed by atoms with Crippen LogP contribution < -0.4 is 5.32 Å². The molecule has 0 unspecified atom stereocenters. The number of H-pyrrole nitrogens is 1. The van der Waals surface area contributed by atoms with E-state index < -0.39 is 6.09 Å². The number of anilines is 1. The highest BCUT2D eigenvalue weighted by Gasteiger charge is 2.18. The van der Waals surface area contributed by atoms with Crippen LogP contribution in [0.3, 0.4) is 0 Å². The van der Waals surface area contributed by atoms with Gasteiger partial charge in [-0.25, -0.2) is 4.79 Å². The topological polar surface area (TPSA) is 80.2 Å². The van der Waals surface area contributed by atoms with Gasteiger partial charge >= 0.3 is 6.09 Å². The molecule has 2 aromatic carbocycles. The van der Waals surface area contributed by atoms with Crippen molar-refractivity contribution in [1.82, 2.24) is 10.1 Å². The van der Waals surface area contributed by atoms with E-state index in [9.17, 15) is 4.79 Å². The lowest BCUT2D eigenvalue weighted by Crippen LogP contribution is -2.16. The molecule has 1 amide bonds. The summed E-state index contributed by atoms with van der Waals surface area (Å²) in [4.78, 5) is 15.4. The number of benzene rings is 2. The molecule has 2 aromatic heterocycles. The molecule has 0 aliphatic carbocycles. The molecule has 2 N–H and O–H groups in total. The summed E-state index contributed by atoms with van der Waals surface area (Å²) in [6, 6.07) is 15.3. The van der Waals surface area contributed by atoms with Crippen LogP contribution >= 0.6 is 11.6 Å². The lowest BCUT2D eigenvalue weighted by Gasteiger charge is -2.08. The molecular weight excluding hydrogens is 378 g/mol. The number of fused-ring (bicyclic) bond motifs is 1. The third-order valence-electron chi connectivity index (χ3n) is 4.47. The van der Waals surface area contributed by atoms with Gasteiger partial charge in [-0.05, 0) is 42.8 Å². The van der Waals surface area contributed by atoms with Gasteiger partial charge in [0.05, 0.1) is 6.61 Å². The first-order chi connectivity index (χ1) is 13.6. The molecule has 28 heavy (non-hydrogen) atoms. The molecule has 0 bridgehead atoms. The minimum atomic E-state index is -0.567. The molecule has 6 nitrogen and oxygen atoms in total. The summed E-state index contributed by atoms with van der Waals surface area (Å²) in [5.41, 5.74) is 3.84. The summed E-state index contributed by atoms with van der Waals surface area (Å²) in [6.07, 6.45) is 1.84. The molecule has 0 radical (unpaired) electrons. The average molecular weight is 396 g/mol. The molecule has 2 heterocycles. The summed E-state index contributed by atoms with van der Waals surface area (Å²) in [5.74, 6) is 0.489. The Balaban J connectivity index is 1.45. The summed E-state index contributed by atoms with van der Waals surface area (Å²) in [5, 5.41) is 8.42. The normalized spacial score (nSPS) is 10.9. The van der Waals surface area contributed by atoms with Gasteiger partial charge in [0.25, 0.3) is 0 Å². The van der Waals surface area contributed by atoms with Gasteiger partial charge in [-0.2, -0.15) is 0 Å². The van der Waals surface area contributed by atoms with Crippen LogP contribution in [0.25, 0.3) is 22.2 Å². The first-order valence-electron chi connectivity index (χ1n) is 8.83. The zero-order valence-corrected chi connectivity index (χ0v) is 15.9. The summed E-state index contributed by atoms with van der Waals surface area (Å²) >= 11 is 6.12. The maximum Gasteiger partial charge on any atom is 0.411 e. The van der Waals surface area contributed by atoms with Crippen LogP contribution in [0.2, 0.25) is 5.02 Å². The minimum absolute atomic E-state index is 0.213. The number of carbonyl (C=O) groups excluding carboxylic acids is 1. The molecule has 4 aromatic rings.